The average molecular weight is 310 g/mol. The first-order chi connectivity index (χ1) is 11.3. The molecule has 0 N–H and O–H groups in total. The second kappa shape index (κ2) is 6.91. The smallest absolute Gasteiger partial charge is 0.368 e. The molecule has 0 saturated heterocycles. The Morgan fingerprint density at radius 3 is 2.65 bits per heavy atom. The lowest BCUT2D eigenvalue weighted by atomic mass is 10.2. The number of rotatable bonds is 6. The molecule has 0 saturated carbocycles. The molecule has 0 aliphatic rings. The van der Waals surface area contributed by atoms with E-state index in [2.05, 4.69) is 23.4 Å². The molecule has 23 heavy (non-hydrogen) atoms. The SMILES string of the molecule is CCc1cccc(OCCn2nnn(-c3ccccc3)c2=O)c1. The Kier molecular flexibility index (Phi) is 4.52. The molecular formula is C17H18N4O2. The minimum Gasteiger partial charge on any atom is -0.492 e. The van der Waals surface area contributed by atoms with E-state index in [1.165, 1.54) is 14.9 Å². The highest BCUT2D eigenvalue weighted by molar-refractivity contribution is 5.29. The Hall–Kier alpha value is -2.89. The molecule has 6 heteroatoms. The minimum absolute atomic E-state index is 0.276. The van der Waals surface area contributed by atoms with Crippen LogP contribution >= 0.6 is 0 Å². The van der Waals surface area contributed by atoms with E-state index >= 15 is 0 Å². The van der Waals surface area contributed by atoms with Crippen molar-refractivity contribution in [3.63, 3.8) is 0 Å². The number of aryl methyl sites for hydroxylation is 1. The first kappa shape index (κ1) is 15.0. The molecule has 0 aliphatic carbocycles. The fourth-order valence-corrected chi connectivity index (χ4v) is 2.25. The third kappa shape index (κ3) is 3.48. The lowest BCUT2D eigenvalue weighted by Crippen LogP contribution is -2.26. The van der Waals surface area contributed by atoms with E-state index in [0.29, 0.717) is 18.8 Å². The van der Waals surface area contributed by atoms with Gasteiger partial charge in [-0.1, -0.05) is 37.3 Å². The van der Waals surface area contributed by atoms with Crippen LogP contribution in [0.15, 0.2) is 59.4 Å². The quantitative estimate of drug-likeness (QED) is 0.699. The van der Waals surface area contributed by atoms with E-state index in [1.54, 1.807) is 0 Å². The van der Waals surface area contributed by atoms with Gasteiger partial charge in [0.2, 0.25) is 0 Å². The molecule has 0 bridgehead atoms. The Morgan fingerprint density at radius 1 is 1.04 bits per heavy atom. The third-order valence-electron chi connectivity index (χ3n) is 3.52. The van der Waals surface area contributed by atoms with Gasteiger partial charge in [-0.2, -0.15) is 9.36 Å². The van der Waals surface area contributed by atoms with Gasteiger partial charge < -0.3 is 4.74 Å². The minimum atomic E-state index is -0.276. The van der Waals surface area contributed by atoms with Crippen molar-refractivity contribution in [2.24, 2.45) is 0 Å². The maximum atomic E-state index is 12.3. The van der Waals surface area contributed by atoms with Crippen LogP contribution in [0.2, 0.25) is 0 Å². The van der Waals surface area contributed by atoms with E-state index in [1.807, 2.05) is 48.5 Å². The standard InChI is InChI=1S/C17H18N4O2/c1-2-14-7-6-10-16(13-14)23-12-11-20-17(22)21(19-18-20)15-8-4-3-5-9-15/h3-10,13H,2,11-12H2,1H3. The third-order valence-corrected chi connectivity index (χ3v) is 3.52. The molecule has 0 unspecified atom stereocenters. The van der Waals surface area contributed by atoms with Crippen molar-refractivity contribution in [3.8, 4) is 11.4 Å². The van der Waals surface area contributed by atoms with Crippen molar-refractivity contribution < 1.29 is 4.74 Å². The maximum absolute atomic E-state index is 12.3. The van der Waals surface area contributed by atoms with Crippen LogP contribution in [0.5, 0.6) is 5.75 Å². The topological polar surface area (TPSA) is 61.9 Å². The van der Waals surface area contributed by atoms with Crippen LogP contribution in [0, 0.1) is 0 Å². The summed E-state index contributed by atoms with van der Waals surface area (Å²) in [5.74, 6) is 0.799. The molecule has 0 atom stereocenters. The number of tetrazole rings is 1. The van der Waals surface area contributed by atoms with Gasteiger partial charge in [-0.25, -0.2) is 4.79 Å². The molecule has 0 radical (unpaired) electrons. The van der Waals surface area contributed by atoms with Crippen molar-refractivity contribution in [1.29, 1.82) is 0 Å². The summed E-state index contributed by atoms with van der Waals surface area (Å²) in [7, 11) is 0. The fourth-order valence-electron chi connectivity index (χ4n) is 2.25. The van der Waals surface area contributed by atoms with Crippen molar-refractivity contribution >= 4 is 0 Å². The highest BCUT2D eigenvalue weighted by Crippen LogP contribution is 2.13. The number of benzene rings is 2. The van der Waals surface area contributed by atoms with Gasteiger partial charge in [0.1, 0.15) is 12.4 Å². The number of nitrogens with zero attached hydrogens (tertiary/aromatic N) is 4. The number of hydrogen-bond acceptors (Lipinski definition) is 4. The van der Waals surface area contributed by atoms with Crippen LogP contribution in [0.25, 0.3) is 5.69 Å². The van der Waals surface area contributed by atoms with Crippen LogP contribution in [-0.2, 0) is 13.0 Å². The number of aromatic nitrogens is 4. The largest absolute Gasteiger partial charge is 0.492 e. The Morgan fingerprint density at radius 2 is 1.87 bits per heavy atom. The van der Waals surface area contributed by atoms with Gasteiger partial charge in [0.25, 0.3) is 0 Å². The monoisotopic (exact) mass is 310 g/mol. The zero-order valence-electron chi connectivity index (χ0n) is 12.9. The van der Waals surface area contributed by atoms with Crippen molar-refractivity contribution in [2.75, 3.05) is 6.61 Å². The molecule has 3 aromatic rings. The molecule has 0 spiro atoms. The van der Waals surface area contributed by atoms with Crippen LogP contribution in [0.3, 0.4) is 0 Å². The van der Waals surface area contributed by atoms with Gasteiger partial charge >= 0.3 is 5.69 Å². The summed E-state index contributed by atoms with van der Waals surface area (Å²) in [6.45, 7) is 2.81. The zero-order valence-corrected chi connectivity index (χ0v) is 12.9. The normalized spacial score (nSPS) is 10.7. The summed E-state index contributed by atoms with van der Waals surface area (Å²) < 4.78 is 8.26. The van der Waals surface area contributed by atoms with E-state index in [4.69, 9.17) is 4.74 Å². The van der Waals surface area contributed by atoms with Gasteiger partial charge in [0.15, 0.2) is 0 Å². The molecule has 1 heterocycles. The zero-order chi connectivity index (χ0) is 16.1. The first-order valence-electron chi connectivity index (χ1n) is 7.58. The van der Waals surface area contributed by atoms with Crippen molar-refractivity contribution in [1.82, 2.24) is 19.8 Å². The average Bonchev–Trinajstić information content (AvgIpc) is 2.97. The van der Waals surface area contributed by atoms with E-state index < -0.39 is 0 Å². The molecule has 0 amide bonds. The maximum Gasteiger partial charge on any atom is 0.368 e. The highest BCUT2D eigenvalue weighted by Gasteiger charge is 2.08. The van der Waals surface area contributed by atoms with Crippen LogP contribution in [0.4, 0.5) is 0 Å². The van der Waals surface area contributed by atoms with Crippen LogP contribution in [0.1, 0.15) is 12.5 Å². The van der Waals surface area contributed by atoms with Gasteiger partial charge in [-0.05, 0) is 46.7 Å². The Labute approximate surface area is 133 Å². The van der Waals surface area contributed by atoms with Crippen molar-refractivity contribution in [3.05, 3.63) is 70.6 Å². The molecule has 3 rings (SSSR count). The number of hydrogen-bond donors (Lipinski definition) is 0. The second-order valence-corrected chi connectivity index (χ2v) is 5.08. The highest BCUT2D eigenvalue weighted by atomic mass is 16.5. The summed E-state index contributed by atoms with van der Waals surface area (Å²) >= 11 is 0. The molecule has 1 aromatic heterocycles. The van der Waals surface area contributed by atoms with Gasteiger partial charge in [-0.3, -0.25) is 0 Å². The summed E-state index contributed by atoms with van der Waals surface area (Å²) in [4.78, 5) is 12.3. The second-order valence-electron chi connectivity index (χ2n) is 5.08. The van der Waals surface area contributed by atoms with Gasteiger partial charge in [0.05, 0.1) is 12.2 Å². The summed E-state index contributed by atoms with van der Waals surface area (Å²) in [6, 6.07) is 17.1. The molecule has 2 aromatic carbocycles. The molecule has 0 aliphatic heterocycles. The molecule has 6 nitrogen and oxygen atoms in total. The number of para-hydroxylation sites is 1. The lowest BCUT2D eigenvalue weighted by Gasteiger charge is -2.06. The lowest BCUT2D eigenvalue weighted by molar-refractivity contribution is 0.287. The molecular weight excluding hydrogens is 292 g/mol. The molecule has 118 valence electrons. The van der Waals surface area contributed by atoms with Crippen LogP contribution < -0.4 is 10.4 Å². The van der Waals surface area contributed by atoms with Gasteiger partial charge in [-0.15, -0.1) is 0 Å². The first-order valence-corrected chi connectivity index (χ1v) is 7.58. The predicted octanol–water partition coefficient (Wildman–Crippen LogP) is 2.07. The number of ether oxygens (including phenoxy) is 1. The van der Waals surface area contributed by atoms with E-state index in [0.717, 1.165) is 12.2 Å². The van der Waals surface area contributed by atoms with Crippen molar-refractivity contribution in [2.45, 2.75) is 19.9 Å². The summed E-state index contributed by atoms with van der Waals surface area (Å²) in [5.41, 5.74) is 1.64. The Balaban J connectivity index is 1.65. The molecule has 0 fully saturated rings. The summed E-state index contributed by atoms with van der Waals surface area (Å²) in [6.07, 6.45) is 0.960. The van der Waals surface area contributed by atoms with E-state index in [9.17, 15) is 4.79 Å². The Bertz CT molecular complexity index is 824. The predicted molar refractivity (Wildman–Crippen MR) is 86.9 cm³/mol. The fraction of sp³-hybridized carbons (Fsp3) is 0.235. The summed E-state index contributed by atoms with van der Waals surface area (Å²) in [5, 5.41) is 7.79. The van der Waals surface area contributed by atoms with Gasteiger partial charge in [0, 0.05) is 0 Å². The van der Waals surface area contributed by atoms with E-state index in [-0.39, 0.29) is 5.69 Å². The van der Waals surface area contributed by atoms with Crippen LogP contribution in [-0.4, -0.2) is 26.4 Å².